The largest absolute Gasteiger partial charge is 0.384 e. The van der Waals surface area contributed by atoms with Crippen molar-refractivity contribution in [1.29, 1.82) is 0 Å². The van der Waals surface area contributed by atoms with Crippen molar-refractivity contribution in [3.8, 4) is 0 Å². The molecule has 1 aromatic carbocycles. The van der Waals surface area contributed by atoms with Crippen molar-refractivity contribution >= 4 is 34.0 Å². The minimum absolute atomic E-state index is 0.0925. The van der Waals surface area contributed by atoms with Gasteiger partial charge in [0, 0.05) is 36.8 Å². The minimum atomic E-state index is -0.753. The van der Waals surface area contributed by atoms with Gasteiger partial charge in [-0.3, -0.25) is 14.7 Å². The fraction of sp³-hybridized carbons (Fsp3) is 0.478. The van der Waals surface area contributed by atoms with Crippen LogP contribution in [-0.2, 0) is 17.1 Å². The lowest BCUT2D eigenvalue weighted by atomic mass is 9.82. The summed E-state index contributed by atoms with van der Waals surface area (Å²) in [6.07, 6.45) is 6.46. The maximum Gasteiger partial charge on any atom is 0.239 e. The van der Waals surface area contributed by atoms with Crippen LogP contribution >= 0.6 is 11.3 Å². The summed E-state index contributed by atoms with van der Waals surface area (Å²) in [6.45, 7) is 1.24. The number of nitrogens with one attached hydrogen (secondary N) is 2. The van der Waals surface area contributed by atoms with E-state index >= 15 is 0 Å². The molecule has 2 aliphatic rings. The van der Waals surface area contributed by atoms with Crippen molar-refractivity contribution in [3.63, 3.8) is 0 Å². The number of halogens is 1. The third kappa shape index (κ3) is 4.68. The third-order valence-corrected chi connectivity index (χ3v) is 7.75. The van der Waals surface area contributed by atoms with E-state index in [0.717, 1.165) is 30.8 Å². The van der Waals surface area contributed by atoms with Gasteiger partial charge in [-0.1, -0.05) is 6.07 Å². The first-order chi connectivity index (χ1) is 16.0. The molecule has 0 spiro atoms. The van der Waals surface area contributed by atoms with Crippen LogP contribution in [0.4, 0.5) is 10.2 Å². The van der Waals surface area contributed by atoms with Crippen LogP contribution in [-0.4, -0.2) is 62.6 Å². The van der Waals surface area contributed by atoms with Gasteiger partial charge in [-0.15, -0.1) is 11.3 Å². The molecule has 0 atom stereocenters. The number of fused-ring (bicyclic) bond motifs is 1. The number of carbonyl (C=O) groups excluding carboxylic acids is 1. The van der Waals surface area contributed by atoms with Crippen LogP contribution < -0.4 is 10.6 Å². The Labute approximate surface area is 195 Å². The van der Waals surface area contributed by atoms with Gasteiger partial charge in [0.15, 0.2) is 0 Å². The number of nitrogens with zero attached hydrogens (tertiary/aromatic N) is 4. The number of hydrogen-bond donors (Lipinski definition) is 3. The smallest absolute Gasteiger partial charge is 0.239 e. The van der Waals surface area contributed by atoms with Crippen molar-refractivity contribution in [2.45, 2.75) is 50.0 Å². The number of rotatable bonds is 7. The molecule has 0 radical (unpaired) electrons. The predicted molar refractivity (Wildman–Crippen MR) is 125 cm³/mol. The molecular weight excluding hydrogens is 443 g/mol. The van der Waals surface area contributed by atoms with Crippen LogP contribution in [0.5, 0.6) is 0 Å². The standard InChI is InChI=1S/C23H27FN6O2S/c24-10-15-1-2-19-18(7-15)22(28-13-27-19)26-12-21(31)29-16-8-17(9-16)30-5-3-23(32,4-6-30)20-11-25-14-33-20/h1-2,7,11,13-14,16-17,32H,3-6,8-10,12H2,(H,29,31)(H,26,27,28). The summed E-state index contributed by atoms with van der Waals surface area (Å²) < 4.78 is 13.0. The first kappa shape index (κ1) is 22.1. The second kappa shape index (κ2) is 9.28. The summed E-state index contributed by atoms with van der Waals surface area (Å²) in [7, 11) is 0. The van der Waals surface area contributed by atoms with Crippen LogP contribution in [0.2, 0.25) is 0 Å². The predicted octanol–water partition coefficient (Wildman–Crippen LogP) is 2.60. The SMILES string of the molecule is O=C(CNc1ncnc2ccc(CF)cc12)NC1CC(N2CCC(O)(c3cncs3)CC2)C1. The summed E-state index contributed by atoms with van der Waals surface area (Å²) in [6, 6.07) is 5.76. The van der Waals surface area contributed by atoms with E-state index in [9.17, 15) is 14.3 Å². The van der Waals surface area contributed by atoms with Gasteiger partial charge < -0.3 is 15.7 Å². The topological polar surface area (TPSA) is 103 Å². The second-order valence-electron chi connectivity index (χ2n) is 8.88. The maximum absolute atomic E-state index is 13.0. The molecule has 1 amide bonds. The summed E-state index contributed by atoms with van der Waals surface area (Å²) >= 11 is 1.51. The molecule has 3 aromatic rings. The van der Waals surface area contributed by atoms with Crippen LogP contribution in [0.3, 0.4) is 0 Å². The molecule has 33 heavy (non-hydrogen) atoms. The highest BCUT2D eigenvalue weighted by atomic mass is 32.1. The molecule has 174 valence electrons. The number of piperidine rings is 1. The zero-order chi connectivity index (χ0) is 22.8. The molecule has 2 fully saturated rings. The quantitative estimate of drug-likeness (QED) is 0.488. The Morgan fingerprint density at radius 2 is 2.09 bits per heavy atom. The van der Waals surface area contributed by atoms with Gasteiger partial charge in [-0.05, 0) is 43.4 Å². The first-order valence-corrected chi connectivity index (χ1v) is 12.1. The molecule has 10 heteroatoms. The number of aliphatic hydroxyl groups is 1. The van der Waals surface area contributed by atoms with Crippen molar-refractivity contribution < 1.29 is 14.3 Å². The number of carbonyl (C=O) groups is 1. The molecule has 0 bridgehead atoms. The van der Waals surface area contributed by atoms with Crippen molar-refractivity contribution in [1.82, 2.24) is 25.2 Å². The molecule has 8 nitrogen and oxygen atoms in total. The first-order valence-electron chi connectivity index (χ1n) is 11.2. The number of aromatic nitrogens is 3. The summed E-state index contributed by atoms with van der Waals surface area (Å²) in [5, 5.41) is 17.7. The van der Waals surface area contributed by atoms with E-state index in [1.54, 1.807) is 29.9 Å². The molecule has 3 N–H and O–H groups in total. The molecule has 1 aliphatic heterocycles. The normalized spacial score (nSPS) is 22.6. The molecule has 0 unspecified atom stereocenters. The number of anilines is 1. The highest BCUT2D eigenvalue weighted by molar-refractivity contribution is 7.09. The van der Waals surface area contributed by atoms with E-state index in [2.05, 4.69) is 30.5 Å². The van der Waals surface area contributed by atoms with Gasteiger partial charge in [0.1, 0.15) is 24.4 Å². The Bertz CT molecular complexity index is 1110. The third-order valence-electron chi connectivity index (χ3n) is 6.78. The zero-order valence-corrected chi connectivity index (χ0v) is 19.0. The lowest BCUT2D eigenvalue weighted by molar-refractivity contribution is -0.121. The Hall–Kier alpha value is -2.69. The molecule has 1 saturated carbocycles. The van der Waals surface area contributed by atoms with Crippen molar-refractivity contribution in [3.05, 3.63) is 46.7 Å². The monoisotopic (exact) mass is 470 g/mol. The maximum atomic E-state index is 13.0. The lowest BCUT2D eigenvalue weighted by Crippen LogP contribution is -2.57. The number of likely N-dealkylation sites (tertiary alicyclic amines) is 1. The van der Waals surface area contributed by atoms with Gasteiger partial charge in [0.05, 0.1) is 22.4 Å². The van der Waals surface area contributed by atoms with Gasteiger partial charge in [0.2, 0.25) is 5.91 Å². The zero-order valence-electron chi connectivity index (χ0n) is 18.2. The molecule has 1 aliphatic carbocycles. The van der Waals surface area contributed by atoms with E-state index in [4.69, 9.17) is 0 Å². The van der Waals surface area contributed by atoms with E-state index in [1.807, 2.05) is 0 Å². The Kier molecular flexibility index (Phi) is 6.22. The van der Waals surface area contributed by atoms with Gasteiger partial charge in [0.25, 0.3) is 0 Å². The number of thiazole rings is 1. The van der Waals surface area contributed by atoms with Gasteiger partial charge >= 0.3 is 0 Å². The fourth-order valence-corrected chi connectivity index (χ4v) is 5.51. The van der Waals surface area contributed by atoms with Crippen LogP contribution in [0.25, 0.3) is 10.9 Å². The van der Waals surface area contributed by atoms with Gasteiger partial charge in [-0.2, -0.15) is 0 Å². The highest BCUT2D eigenvalue weighted by Crippen LogP contribution is 2.37. The second-order valence-corrected chi connectivity index (χ2v) is 9.77. The molecule has 5 rings (SSSR count). The Morgan fingerprint density at radius 1 is 1.27 bits per heavy atom. The number of amides is 1. The summed E-state index contributed by atoms with van der Waals surface area (Å²) in [5.74, 6) is 0.434. The van der Waals surface area contributed by atoms with E-state index < -0.39 is 12.3 Å². The molecule has 2 aromatic heterocycles. The summed E-state index contributed by atoms with van der Waals surface area (Å²) in [4.78, 5) is 28.3. The molecular formula is C23H27FN6O2S. The van der Waals surface area contributed by atoms with E-state index in [0.29, 0.717) is 41.2 Å². The van der Waals surface area contributed by atoms with Crippen molar-refractivity contribution in [2.75, 3.05) is 25.0 Å². The number of alkyl halides is 1. The van der Waals surface area contributed by atoms with Crippen LogP contribution in [0.15, 0.2) is 36.2 Å². The Morgan fingerprint density at radius 3 is 2.82 bits per heavy atom. The van der Waals surface area contributed by atoms with Crippen LogP contribution in [0, 0.1) is 0 Å². The lowest BCUT2D eigenvalue weighted by Gasteiger charge is -2.47. The number of hydrogen-bond acceptors (Lipinski definition) is 8. The van der Waals surface area contributed by atoms with Crippen molar-refractivity contribution in [2.24, 2.45) is 0 Å². The highest BCUT2D eigenvalue weighted by Gasteiger charge is 2.41. The van der Waals surface area contributed by atoms with E-state index in [1.165, 1.54) is 17.7 Å². The molecule has 3 heterocycles. The Balaban J connectivity index is 1.08. The van der Waals surface area contributed by atoms with Gasteiger partial charge in [-0.25, -0.2) is 14.4 Å². The summed E-state index contributed by atoms with van der Waals surface area (Å²) in [5.41, 5.74) is 2.27. The average molecular weight is 471 g/mol. The average Bonchev–Trinajstić information content (AvgIpc) is 3.36. The van der Waals surface area contributed by atoms with Crippen LogP contribution in [0.1, 0.15) is 36.1 Å². The van der Waals surface area contributed by atoms with E-state index in [-0.39, 0.29) is 18.5 Å². The minimum Gasteiger partial charge on any atom is -0.384 e. The fourth-order valence-electron chi connectivity index (χ4n) is 4.73. The molecule has 1 saturated heterocycles. The number of benzene rings is 1.